The highest BCUT2D eigenvalue weighted by Crippen LogP contribution is 2.29. The molecule has 0 atom stereocenters. The number of halogens is 3. The predicted molar refractivity (Wildman–Crippen MR) is 111 cm³/mol. The normalized spacial score (nSPS) is 10.8. The fourth-order valence-electron chi connectivity index (χ4n) is 2.43. The first-order valence-corrected chi connectivity index (χ1v) is 9.39. The summed E-state index contributed by atoms with van der Waals surface area (Å²) in [5.74, 6) is -0.476. The summed E-state index contributed by atoms with van der Waals surface area (Å²) < 4.78 is 34.0. The molecule has 2 N–H and O–H groups in total. The van der Waals surface area contributed by atoms with E-state index in [1.54, 1.807) is 24.3 Å². The van der Waals surface area contributed by atoms with E-state index in [0.717, 1.165) is 0 Å². The lowest BCUT2D eigenvalue weighted by atomic mass is 10.2. The number of carbonyl (C=O) groups excluding carboxylic acids is 2. The lowest BCUT2D eigenvalue weighted by Gasteiger charge is -2.10. The Kier molecular flexibility index (Phi) is 9.08. The van der Waals surface area contributed by atoms with Crippen LogP contribution in [0.2, 0.25) is 5.02 Å². The van der Waals surface area contributed by atoms with Gasteiger partial charge in [-0.05, 0) is 54.5 Å². The maximum absolute atomic E-state index is 12.3. The van der Waals surface area contributed by atoms with Crippen LogP contribution in [0.4, 0.5) is 14.5 Å². The molecule has 0 spiro atoms. The molecule has 2 aromatic carbocycles. The van der Waals surface area contributed by atoms with Crippen molar-refractivity contribution in [3.8, 4) is 11.5 Å². The molecule has 6 nitrogen and oxygen atoms in total. The van der Waals surface area contributed by atoms with Crippen LogP contribution in [0.15, 0.2) is 48.5 Å². The van der Waals surface area contributed by atoms with Crippen LogP contribution in [-0.4, -0.2) is 32.1 Å². The van der Waals surface area contributed by atoms with Gasteiger partial charge in [0, 0.05) is 29.8 Å². The Hall–Kier alpha value is -3.13. The number of hydrogen-bond acceptors (Lipinski definition) is 4. The van der Waals surface area contributed by atoms with E-state index in [-0.39, 0.29) is 29.7 Å². The maximum atomic E-state index is 12.3. The summed E-state index contributed by atoms with van der Waals surface area (Å²) in [6.07, 6.45) is 3.52. The lowest BCUT2D eigenvalue weighted by molar-refractivity contribution is -0.118. The van der Waals surface area contributed by atoms with Gasteiger partial charge < -0.3 is 20.1 Å². The quantitative estimate of drug-likeness (QED) is 0.423. The van der Waals surface area contributed by atoms with Crippen molar-refractivity contribution in [1.82, 2.24) is 5.32 Å². The van der Waals surface area contributed by atoms with E-state index >= 15 is 0 Å². The van der Waals surface area contributed by atoms with Gasteiger partial charge in [-0.15, -0.1) is 0 Å². The van der Waals surface area contributed by atoms with Crippen LogP contribution in [0.25, 0.3) is 6.08 Å². The van der Waals surface area contributed by atoms with E-state index < -0.39 is 6.61 Å². The Bertz CT molecular complexity index is 889. The minimum absolute atomic E-state index is 0.0917. The van der Waals surface area contributed by atoms with Gasteiger partial charge in [0.25, 0.3) is 0 Å². The zero-order chi connectivity index (χ0) is 21.9. The first-order valence-electron chi connectivity index (χ1n) is 9.01. The van der Waals surface area contributed by atoms with Gasteiger partial charge in [0.05, 0.1) is 7.11 Å². The van der Waals surface area contributed by atoms with Crippen LogP contribution in [0.3, 0.4) is 0 Å². The van der Waals surface area contributed by atoms with Crippen molar-refractivity contribution in [1.29, 1.82) is 0 Å². The van der Waals surface area contributed by atoms with Crippen LogP contribution in [-0.2, 0) is 9.59 Å². The van der Waals surface area contributed by atoms with Crippen molar-refractivity contribution in [2.24, 2.45) is 0 Å². The molecule has 0 aromatic heterocycles. The summed E-state index contributed by atoms with van der Waals surface area (Å²) in [4.78, 5) is 23.8. The molecule has 30 heavy (non-hydrogen) atoms. The van der Waals surface area contributed by atoms with Gasteiger partial charge in [-0.2, -0.15) is 8.78 Å². The molecule has 0 saturated carbocycles. The summed E-state index contributed by atoms with van der Waals surface area (Å²) in [5, 5.41) is 5.99. The SMILES string of the molecule is COc1cc(C=CC(=O)NCCCC(=O)Nc2ccc(Cl)cc2)ccc1OC(F)F. The topological polar surface area (TPSA) is 76.7 Å². The van der Waals surface area contributed by atoms with E-state index in [1.807, 2.05) is 0 Å². The van der Waals surface area contributed by atoms with Gasteiger partial charge in [0.2, 0.25) is 11.8 Å². The first kappa shape index (κ1) is 23.2. The van der Waals surface area contributed by atoms with Gasteiger partial charge in [-0.25, -0.2) is 0 Å². The molecule has 0 aliphatic rings. The van der Waals surface area contributed by atoms with Crippen molar-refractivity contribution in [2.45, 2.75) is 19.5 Å². The molecule has 0 saturated heterocycles. The smallest absolute Gasteiger partial charge is 0.387 e. The summed E-state index contributed by atoms with van der Waals surface area (Å²) in [7, 11) is 1.33. The highest BCUT2D eigenvalue weighted by Gasteiger charge is 2.10. The van der Waals surface area contributed by atoms with Crippen LogP contribution in [0.1, 0.15) is 18.4 Å². The molecule has 160 valence electrons. The number of alkyl halides is 2. The minimum Gasteiger partial charge on any atom is -0.493 e. The second-order valence-electron chi connectivity index (χ2n) is 6.07. The molecule has 2 rings (SSSR count). The molecule has 0 aliphatic carbocycles. The maximum Gasteiger partial charge on any atom is 0.387 e. The van der Waals surface area contributed by atoms with E-state index in [2.05, 4.69) is 15.4 Å². The van der Waals surface area contributed by atoms with E-state index in [9.17, 15) is 18.4 Å². The number of amides is 2. The van der Waals surface area contributed by atoms with Crippen LogP contribution in [0, 0.1) is 0 Å². The number of carbonyl (C=O) groups is 2. The largest absolute Gasteiger partial charge is 0.493 e. The lowest BCUT2D eigenvalue weighted by Crippen LogP contribution is -2.23. The fraction of sp³-hybridized carbons (Fsp3) is 0.238. The Morgan fingerprint density at radius 3 is 2.53 bits per heavy atom. The molecule has 0 bridgehead atoms. The van der Waals surface area contributed by atoms with E-state index in [0.29, 0.717) is 29.2 Å². The number of anilines is 1. The summed E-state index contributed by atoms with van der Waals surface area (Å²) >= 11 is 5.79. The molecule has 0 unspecified atom stereocenters. The zero-order valence-corrected chi connectivity index (χ0v) is 16.9. The Morgan fingerprint density at radius 2 is 1.87 bits per heavy atom. The van der Waals surface area contributed by atoms with Gasteiger partial charge in [-0.3, -0.25) is 9.59 Å². The Labute approximate surface area is 177 Å². The predicted octanol–water partition coefficient (Wildman–Crippen LogP) is 4.50. The third-order valence-corrected chi connectivity index (χ3v) is 4.09. The summed E-state index contributed by atoms with van der Waals surface area (Å²) in [6.45, 7) is -2.64. The average Bonchev–Trinajstić information content (AvgIpc) is 2.71. The van der Waals surface area contributed by atoms with E-state index in [1.165, 1.54) is 37.5 Å². The monoisotopic (exact) mass is 438 g/mol. The molecule has 2 amide bonds. The van der Waals surface area contributed by atoms with Crippen molar-refractivity contribution < 1.29 is 27.8 Å². The Morgan fingerprint density at radius 1 is 1.13 bits per heavy atom. The highest BCUT2D eigenvalue weighted by molar-refractivity contribution is 6.30. The number of rotatable bonds is 10. The zero-order valence-electron chi connectivity index (χ0n) is 16.2. The number of benzene rings is 2. The second-order valence-corrected chi connectivity index (χ2v) is 6.51. The number of hydrogen-bond donors (Lipinski definition) is 2. The molecule has 0 radical (unpaired) electrons. The summed E-state index contributed by atoms with van der Waals surface area (Å²) in [5.41, 5.74) is 1.22. The summed E-state index contributed by atoms with van der Waals surface area (Å²) in [6, 6.07) is 11.1. The van der Waals surface area contributed by atoms with Gasteiger partial charge in [0.15, 0.2) is 11.5 Å². The molecule has 0 aliphatic heterocycles. The van der Waals surface area contributed by atoms with Crippen LogP contribution >= 0.6 is 11.6 Å². The fourth-order valence-corrected chi connectivity index (χ4v) is 2.56. The number of nitrogens with one attached hydrogen (secondary N) is 2. The standard InChI is InChI=1S/C21H21ClF2N2O4/c1-29-18-13-14(4-10-17(18)30-21(23)24)5-11-19(27)25-12-2-3-20(28)26-16-8-6-15(22)7-9-16/h4-11,13,21H,2-3,12H2,1H3,(H,25,27)(H,26,28). The van der Waals surface area contributed by atoms with Gasteiger partial charge in [-0.1, -0.05) is 17.7 Å². The van der Waals surface area contributed by atoms with Crippen molar-refractivity contribution in [3.05, 3.63) is 59.1 Å². The molecule has 2 aromatic rings. The third kappa shape index (κ3) is 8.08. The molecule has 0 fully saturated rings. The van der Waals surface area contributed by atoms with E-state index in [4.69, 9.17) is 16.3 Å². The average molecular weight is 439 g/mol. The molecule has 0 heterocycles. The first-order chi connectivity index (χ1) is 14.4. The highest BCUT2D eigenvalue weighted by atomic mass is 35.5. The molecular weight excluding hydrogens is 418 g/mol. The molecular formula is C21H21ClF2N2O4. The Balaban J connectivity index is 1.74. The van der Waals surface area contributed by atoms with Gasteiger partial charge in [0.1, 0.15) is 0 Å². The van der Waals surface area contributed by atoms with Crippen molar-refractivity contribution in [2.75, 3.05) is 19.0 Å². The van der Waals surface area contributed by atoms with Crippen LogP contribution in [0.5, 0.6) is 11.5 Å². The van der Waals surface area contributed by atoms with Crippen LogP contribution < -0.4 is 20.1 Å². The third-order valence-electron chi connectivity index (χ3n) is 3.84. The van der Waals surface area contributed by atoms with Crippen molar-refractivity contribution >= 4 is 35.2 Å². The number of methoxy groups -OCH3 is 1. The number of ether oxygens (including phenoxy) is 2. The van der Waals surface area contributed by atoms with Crippen molar-refractivity contribution in [3.63, 3.8) is 0 Å². The molecule has 9 heteroatoms. The second kappa shape index (κ2) is 11.8. The minimum atomic E-state index is -2.96. The van der Waals surface area contributed by atoms with Gasteiger partial charge >= 0.3 is 6.61 Å².